The minimum absolute atomic E-state index is 0.00705. The Morgan fingerprint density at radius 1 is 1.29 bits per heavy atom. The van der Waals surface area contributed by atoms with Gasteiger partial charge in [0.1, 0.15) is 0 Å². The van der Waals surface area contributed by atoms with Gasteiger partial charge in [-0.15, -0.1) is 0 Å². The topological polar surface area (TPSA) is 66.4 Å². The summed E-state index contributed by atoms with van der Waals surface area (Å²) in [6.45, 7) is 0. The van der Waals surface area contributed by atoms with Crippen LogP contribution in [0.1, 0.15) is 37.7 Å². The highest BCUT2D eigenvalue weighted by atomic mass is 35.5. The predicted octanol–water partition coefficient (Wildman–Crippen LogP) is 2.74. The van der Waals surface area contributed by atoms with Crippen molar-refractivity contribution in [3.63, 3.8) is 0 Å². The number of hydrogen-bond donors (Lipinski definition) is 2. The average molecular weight is 308 g/mol. The third kappa shape index (κ3) is 3.05. The van der Waals surface area contributed by atoms with E-state index >= 15 is 0 Å². The van der Waals surface area contributed by atoms with Gasteiger partial charge in [0.25, 0.3) is 0 Å². The zero-order valence-corrected chi connectivity index (χ0v) is 12.4. The molecule has 1 unspecified atom stereocenters. The fourth-order valence-corrected chi connectivity index (χ4v) is 3.00. The largest absolute Gasteiger partial charge is 0.481 e. The van der Waals surface area contributed by atoms with Gasteiger partial charge in [-0.3, -0.25) is 9.59 Å². The molecular weight excluding hydrogens is 290 g/mol. The van der Waals surface area contributed by atoms with Crippen molar-refractivity contribution in [2.45, 2.75) is 43.6 Å². The second-order valence-electron chi connectivity index (χ2n) is 6.10. The fourth-order valence-electron chi connectivity index (χ4n) is 2.87. The standard InChI is InChI=1S/C16H18ClNO3/c17-12-5-3-11(4-6-12)16(7-8-16)15(21)18-13(9-14(19)20)10-1-2-10/h3-6,10,13H,1-2,7-9H2,(H,18,21)(H,19,20). The van der Waals surface area contributed by atoms with E-state index in [1.165, 1.54) is 0 Å². The molecule has 0 aromatic heterocycles. The second kappa shape index (κ2) is 5.34. The van der Waals surface area contributed by atoms with Crippen molar-refractivity contribution in [3.8, 4) is 0 Å². The number of carboxylic acids is 1. The summed E-state index contributed by atoms with van der Waals surface area (Å²) in [6, 6.07) is 7.12. The van der Waals surface area contributed by atoms with Crippen LogP contribution >= 0.6 is 11.6 Å². The van der Waals surface area contributed by atoms with Gasteiger partial charge in [0, 0.05) is 11.1 Å². The number of halogens is 1. The number of nitrogens with one attached hydrogen (secondary N) is 1. The van der Waals surface area contributed by atoms with Crippen molar-refractivity contribution in [2.75, 3.05) is 0 Å². The van der Waals surface area contributed by atoms with Crippen LogP contribution in [0.2, 0.25) is 5.02 Å². The average Bonchev–Trinajstić information content (AvgIpc) is 3.31. The Hall–Kier alpha value is -1.55. The van der Waals surface area contributed by atoms with E-state index in [0.717, 1.165) is 31.2 Å². The van der Waals surface area contributed by atoms with E-state index in [2.05, 4.69) is 5.32 Å². The number of hydrogen-bond acceptors (Lipinski definition) is 2. The van der Waals surface area contributed by atoms with E-state index in [1.807, 2.05) is 12.1 Å². The summed E-state index contributed by atoms with van der Waals surface area (Å²) in [5.74, 6) is -0.572. The summed E-state index contributed by atoms with van der Waals surface area (Å²) < 4.78 is 0. The third-order valence-electron chi connectivity index (χ3n) is 4.48. The predicted molar refractivity (Wildman–Crippen MR) is 79.3 cm³/mol. The van der Waals surface area contributed by atoms with Crippen LogP contribution in [-0.4, -0.2) is 23.0 Å². The Morgan fingerprint density at radius 3 is 2.38 bits per heavy atom. The molecule has 0 spiro atoms. The Bertz CT molecular complexity index is 561. The van der Waals surface area contributed by atoms with Gasteiger partial charge < -0.3 is 10.4 Å². The molecule has 3 rings (SSSR count). The van der Waals surface area contributed by atoms with Crippen molar-refractivity contribution < 1.29 is 14.7 Å². The SMILES string of the molecule is O=C(O)CC(NC(=O)C1(c2ccc(Cl)cc2)CC1)C1CC1. The lowest BCUT2D eigenvalue weighted by Crippen LogP contribution is -2.43. The van der Waals surface area contributed by atoms with Gasteiger partial charge in [0.05, 0.1) is 11.8 Å². The highest BCUT2D eigenvalue weighted by Crippen LogP contribution is 2.49. The summed E-state index contributed by atoms with van der Waals surface area (Å²) in [5, 5.41) is 12.6. The maximum atomic E-state index is 12.6. The van der Waals surface area contributed by atoms with E-state index in [0.29, 0.717) is 10.9 Å². The third-order valence-corrected chi connectivity index (χ3v) is 4.74. The van der Waals surface area contributed by atoms with Crippen molar-refractivity contribution >= 4 is 23.5 Å². The van der Waals surface area contributed by atoms with E-state index in [1.54, 1.807) is 12.1 Å². The number of aliphatic carboxylic acids is 1. The Morgan fingerprint density at radius 2 is 1.90 bits per heavy atom. The highest BCUT2D eigenvalue weighted by Gasteiger charge is 2.52. The minimum atomic E-state index is -0.858. The summed E-state index contributed by atoms with van der Waals surface area (Å²) >= 11 is 5.89. The van der Waals surface area contributed by atoms with Crippen LogP contribution in [0.5, 0.6) is 0 Å². The molecule has 4 nitrogen and oxygen atoms in total. The molecule has 1 aromatic carbocycles. The Kier molecular flexibility index (Phi) is 3.66. The second-order valence-corrected chi connectivity index (χ2v) is 6.54. The molecule has 0 radical (unpaired) electrons. The first-order valence-corrected chi connectivity index (χ1v) is 7.68. The minimum Gasteiger partial charge on any atom is -0.481 e. The number of carboxylic acid groups (broad SMARTS) is 1. The number of rotatable bonds is 6. The van der Waals surface area contributed by atoms with Gasteiger partial charge in [0.15, 0.2) is 0 Å². The zero-order chi connectivity index (χ0) is 15.0. The molecule has 112 valence electrons. The molecule has 2 N–H and O–H groups in total. The summed E-state index contributed by atoms with van der Waals surface area (Å²) in [5.41, 5.74) is 0.491. The summed E-state index contributed by atoms with van der Waals surface area (Å²) in [6.07, 6.45) is 3.64. The molecule has 21 heavy (non-hydrogen) atoms. The zero-order valence-electron chi connectivity index (χ0n) is 11.6. The lowest BCUT2D eigenvalue weighted by molar-refractivity contribution is -0.138. The van der Waals surface area contributed by atoms with E-state index in [9.17, 15) is 9.59 Å². The van der Waals surface area contributed by atoms with Gasteiger partial charge >= 0.3 is 5.97 Å². The molecule has 1 amide bonds. The Labute approximate surface area is 128 Å². The molecule has 0 saturated heterocycles. The molecule has 2 fully saturated rings. The quantitative estimate of drug-likeness (QED) is 0.849. The maximum Gasteiger partial charge on any atom is 0.305 e. The number of benzene rings is 1. The number of amides is 1. The van der Waals surface area contributed by atoms with Gasteiger partial charge in [0.2, 0.25) is 5.91 Å². The van der Waals surface area contributed by atoms with Crippen LogP contribution in [0, 0.1) is 5.92 Å². The lowest BCUT2D eigenvalue weighted by atomic mass is 9.94. The Balaban J connectivity index is 1.72. The van der Waals surface area contributed by atoms with Crippen molar-refractivity contribution in [3.05, 3.63) is 34.9 Å². The summed E-state index contributed by atoms with van der Waals surface area (Å²) in [7, 11) is 0. The van der Waals surface area contributed by atoms with Gasteiger partial charge in [-0.1, -0.05) is 23.7 Å². The van der Waals surface area contributed by atoms with Crippen molar-refractivity contribution in [1.29, 1.82) is 0 Å². The first-order valence-electron chi connectivity index (χ1n) is 7.30. The number of carbonyl (C=O) groups is 2. The molecule has 0 heterocycles. The smallest absolute Gasteiger partial charge is 0.305 e. The van der Waals surface area contributed by atoms with Crippen LogP contribution in [0.25, 0.3) is 0 Å². The van der Waals surface area contributed by atoms with Crippen LogP contribution < -0.4 is 5.32 Å². The number of carbonyl (C=O) groups excluding carboxylic acids is 1. The van der Waals surface area contributed by atoms with Crippen LogP contribution in [0.4, 0.5) is 0 Å². The lowest BCUT2D eigenvalue weighted by Gasteiger charge is -2.21. The molecule has 1 aromatic rings. The van der Waals surface area contributed by atoms with E-state index in [-0.39, 0.29) is 18.4 Å². The first kappa shape index (κ1) is 14.4. The van der Waals surface area contributed by atoms with Crippen molar-refractivity contribution in [1.82, 2.24) is 5.32 Å². The molecule has 1 atom stereocenters. The summed E-state index contributed by atoms with van der Waals surface area (Å²) in [4.78, 5) is 23.5. The van der Waals surface area contributed by atoms with Gasteiger partial charge in [-0.2, -0.15) is 0 Å². The van der Waals surface area contributed by atoms with Crippen molar-refractivity contribution in [2.24, 2.45) is 5.92 Å². The monoisotopic (exact) mass is 307 g/mol. The maximum absolute atomic E-state index is 12.6. The molecule has 0 bridgehead atoms. The van der Waals surface area contributed by atoms with Crippen LogP contribution in [0.15, 0.2) is 24.3 Å². The first-order chi connectivity index (χ1) is 10.0. The van der Waals surface area contributed by atoms with E-state index < -0.39 is 11.4 Å². The molecule has 2 saturated carbocycles. The molecular formula is C16H18ClNO3. The van der Waals surface area contributed by atoms with Crippen LogP contribution in [-0.2, 0) is 15.0 Å². The molecule has 5 heteroatoms. The highest BCUT2D eigenvalue weighted by molar-refractivity contribution is 6.30. The van der Waals surface area contributed by atoms with Gasteiger partial charge in [-0.25, -0.2) is 0 Å². The fraction of sp³-hybridized carbons (Fsp3) is 0.500. The van der Waals surface area contributed by atoms with Crippen LogP contribution in [0.3, 0.4) is 0 Å². The molecule has 0 aliphatic heterocycles. The molecule has 2 aliphatic rings. The molecule has 2 aliphatic carbocycles. The normalized spacial score (nSPS) is 20.6. The van der Waals surface area contributed by atoms with E-state index in [4.69, 9.17) is 16.7 Å². The van der Waals surface area contributed by atoms with Gasteiger partial charge in [-0.05, 0) is 49.3 Å².